The summed E-state index contributed by atoms with van der Waals surface area (Å²) in [6, 6.07) is 0.0211. The third-order valence-electron chi connectivity index (χ3n) is 3.45. The fourth-order valence-electron chi connectivity index (χ4n) is 2.34. The maximum atomic E-state index is 11.6. The molecular formula is C11H20N4O3S. The van der Waals surface area contributed by atoms with E-state index in [0.717, 1.165) is 19.4 Å². The molecule has 0 spiro atoms. The van der Waals surface area contributed by atoms with Crippen molar-refractivity contribution in [3.63, 3.8) is 0 Å². The van der Waals surface area contributed by atoms with Gasteiger partial charge in [-0.2, -0.15) is 4.98 Å². The number of likely N-dealkylation sites (tertiary alicyclic amines) is 1. The first kappa shape index (κ1) is 14.4. The van der Waals surface area contributed by atoms with Crippen LogP contribution in [0, 0.1) is 6.92 Å². The summed E-state index contributed by atoms with van der Waals surface area (Å²) < 4.78 is 29.7. The lowest BCUT2D eigenvalue weighted by Crippen LogP contribution is -2.47. The van der Waals surface area contributed by atoms with Crippen LogP contribution in [-0.4, -0.2) is 60.2 Å². The molecule has 108 valence electrons. The Morgan fingerprint density at radius 1 is 1.53 bits per heavy atom. The molecule has 1 saturated heterocycles. The number of likely N-dealkylation sites (N-methyl/N-ethyl adjacent to an activating group) is 1. The van der Waals surface area contributed by atoms with Gasteiger partial charge in [0, 0.05) is 19.6 Å². The summed E-state index contributed by atoms with van der Waals surface area (Å²) in [6.45, 7) is 3.99. The zero-order valence-corrected chi connectivity index (χ0v) is 12.4. The van der Waals surface area contributed by atoms with Crippen LogP contribution in [-0.2, 0) is 16.6 Å². The lowest BCUT2D eigenvalue weighted by molar-refractivity contribution is 0.139. The van der Waals surface area contributed by atoms with E-state index in [1.165, 1.54) is 10.6 Å². The molecule has 0 radical (unpaired) electrons. The van der Waals surface area contributed by atoms with Gasteiger partial charge in [-0.25, -0.2) is 12.7 Å². The van der Waals surface area contributed by atoms with Crippen LogP contribution in [0.5, 0.6) is 0 Å². The number of sulfonamides is 1. The van der Waals surface area contributed by atoms with Crippen molar-refractivity contribution in [1.29, 1.82) is 0 Å². The van der Waals surface area contributed by atoms with Crippen molar-refractivity contribution in [3.05, 3.63) is 11.7 Å². The number of piperidine rings is 1. The van der Waals surface area contributed by atoms with Crippen LogP contribution >= 0.6 is 0 Å². The average molecular weight is 288 g/mol. The second kappa shape index (κ2) is 5.56. The summed E-state index contributed by atoms with van der Waals surface area (Å²) in [5.41, 5.74) is 0. The monoisotopic (exact) mass is 288 g/mol. The van der Waals surface area contributed by atoms with Crippen molar-refractivity contribution in [2.75, 3.05) is 26.4 Å². The summed E-state index contributed by atoms with van der Waals surface area (Å²) >= 11 is 0. The number of hydrogen-bond donors (Lipinski definition) is 0. The highest BCUT2D eigenvalue weighted by Crippen LogP contribution is 2.18. The summed E-state index contributed by atoms with van der Waals surface area (Å²) in [6.07, 6.45) is 3.11. The standard InChI is InChI=1S/C11H20N4O3S/c1-9-12-11(18-13-9)8-15-6-4-5-10(7-15)14(2)19(3,16)17/h10H,4-8H2,1-3H3. The topological polar surface area (TPSA) is 79.5 Å². The number of rotatable bonds is 4. The van der Waals surface area contributed by atoms with Crippen LogP contribution in [0.25, 0.3) is 0 Å². The van der Waals surface area contributed by atoms with Crippen molar-refractivity contribution in [3.8, 4) is 0 Å². The molecule has 1 aliphatic rings. The number of aryl methyl sites for hydroxylation is 1. The van der Waals surface area contributed by atoms with Gasteiger partial charge in [0.2, 0.25) is 15.9 Å². The number of nitrogens with zero attached hydrogens (tertiary/aromatic N) is 4. The summed E-state index contributed by atoms with van der Waals surface area (Å²) in [7, 11) is -1.50. The first-order valence-corrected chi connectivity index (χ1v) is 8.15. The van der Waals surface area contributed by atoms with E-state index in [1.54, 1.807) is 14.0 Å². The Bertz CT molecular complexity index is 528. The van der Waals surface area contributed by atoms with Gasteiger partial charge in [-0.05, 0) is 26.3 Å². The van der Waals surface area contributed by atoms with Crippen LogP contribution in [0.3, 0.4) is 0 Å². The minimum absolute atomic E-state index is 0.0211. The molecule has 0 bridgehead atoms. The van der Waals surface area contributed by atoms with Gasteiger partial charge >= 0.3 is 0 Å². The van der Waals surface area contributed by atoms with Crippen LogP contribution in [0.4, 0.5) is 0 Å². The molecule has 19 heavy (non-hydrogen) atoms. The lowest BCUT2D eigenvalue weighted by Gasteiger charge is -2.35. The molecule has 1 aromatic heterocycles. The highest BCUT2D eigenvalue weighted by atomic mass is 32.2. The maximum absolute atomic E-state index is 11.6. The van der Waals surface area contributed by atoms with Crippen molar-refractivity contribution in [2.24, 2.45) is 0 Å². The number of aromatic nitrogens is 2. The van der Waals surface area contributed by atoms with Gasteiger partial charge in [-0.1, -0.05) is 5.16 Å². The minimum atomic E-state index is -3.14. The van der Waals surface area contributed by atoms with E-state index in [4.69, 9.17) is 4.52 Å². The SMILES string of the molecule is Cc1noc(CN2CCCC(N(C)S(C)(=O)=O)C2)n1. The molecule has 0 N–H and O–H groups in total. The Morgan fingerprint density at radius 3 is 2.84 bits per heavy atom. The molecular weight excluding hydrogens is 268 g/mol. The molecule has 1 aliphatic heterocycles. The predicted molar refractivity (Wildman–Crippen MR) is 69.9 cm³/mol. The minimum Gasteiger partial charge on any atom is -0.338 e. The first-order valence-electron chi connectivity index (χ1n) is 6.31. The van der Waals surface area contributed by atoms with E-state index in [1.807, 2.05) is 0 Å². The van der Waals surface area contributed by atoms with E-state index in [9.17, 15) is 8.42 Å². The van der Waals surface area contributed by atoms with Crippen LogP contribution in [0.15, 0.2) is 4.52 Å². The Labute approximate surface area is 113 Å². The summed E-state index contributed by atoms with van der Waals surface area (Å²) in [4.78, 5) is 6.33. The van der Waals surface area contributed by atoms with Gasteiger partial charge in [0.25, 0.3) is 0 Å². The van der Waals surface area contributed by atoms with Crippen molar-refractivity contribution < 1.29 is 12.9 Å². The van der Waals surface area contributed by atoms with Crippen molar-refractivity contribution in [1.82, 2.24) is 19.3 Å². The molecule has 2 rings (SSSR count). The van der Waals surface area contributed by atoms with E-state index < -0.39 is 10.0 Å². The normalized spacial score (nSPS) is 22.0. The molecule has 1 fully saturated rings. The Hall–Kier alpha value is -0.990. The van der Waals surface area contributed by atoms with Gasteiger partial charge in [0.05, 0.1) is 12.8 Å². The first-order chi connectivity index (χ1) is 8.86. The van der Waals surface area contributed by atoms with Gasteiger partial charge in [-0.3, -0.25) is 4.90 Å². The maximum Gasteiger partial charge on any atom is 0.240 e. The number of hydrogen-bond acceptors (Lipinski definition) is 6. The predicted octanol–water partition coefficient (Wildman–Crippen LogP) is 0.234. The fraction of sp³-hybridized carbons (Fsp3) is 0.818. The molecule has 0 aromatic carbocycles. The van der Waals surface area contributed by atoms with Crippen molar-refractivity contribution in [2.45, 2.75) is 32.4 Å². The second-order valence-corrected chi connectivity index (χ2v) is 7.09. The lowest BCUT2D eigenvalue weighted by atomic mass is 10.1. The van der Waals surface area contributed by atoms with E-state index >= 15 is 0 Å². The molecule has 1 atom stereocenters. The van der Waals surface area contributed by atoms with Gasteiger partial charge in [0.1, 0.15) is 0 Å². The van der Waals surface area contributed by atoms with Crippen LogP contribution in [0.2, 0.25) is 0 Å². The van der Waals surface area contributed by atoms with Crippen LogP contribution < -0.4 is 0 Å². The van der Waals surface area contributed by atoms with Gasteiger partial charge in [0.15, 0.2) is 5.82 Å². The largest absolute Gasteiger partial charge is 0.338 e. The van der Waals surface area contributed by atoms with Crippen LogP contribution in [0.1, 0.15) is 24.6 Å². The second-order valence-electron chi connectivity index (χ2n) is 5.05. The Balaban J connectivity index is 1.97. The molecule has 1 aromatic rings. The van der Waals surface area contributed by atoms with E-state index in [2.05, 4.69) is 15.0 Å². The van der Waals surface area contributed by atoms with E-state index in [-0.39, 0.29) is 6.04 Å². The third kappa shape index (κ3) is 3.74. The average Bonchev–Trinajstić information content (AvgIpc) is 2.73. The molecule has 0 amide bonds. The fourth-order valence-corrected chi connectivity index (χ4v) is 3.05. The molecule has 2 heterocycles. The van der Waals surface area contributed by atoms with Crippen molar-refractivity contribution >= 4 is 10.0 Å². The smallest absolute Gasteiger partial charge is 0.240 e. The molecule has 8 heteroatoms. The Morgan fingerprint density at radius 2 is 2.26 bits per heavy atom. The molecule has 0 saturated carbocycles. The zero-order chi connectivity index (χ0) is 14.0. The third-order valence-corrected chi connectivity index (χ3v) is 4.79. The molecule has 0 aliphatic carbocycles. The van der Waals surface area contributed by atoms with E-state index in [0.29, 0.717) is 24.8 Å². The highest BCUT2D eigenvalue weighted by molar-refractivity contribution is 7.88. The quantitative estimate of drug-likeness (QED) is 0.789. The zero-order valence-electron chi connectivity index (χ0n) is 11.5. The summed E-state index contributed by atoms with van der Waals surface area (Å²) in [5.74, 6) is 1.21. The highest BCUT2D eigenvalue weighted by Gasteiger charge is 2.28. The van der Waals surface area contributed by atoms with Gasteiger partial charge in [-0.15, -0.1) is 0 Å². The summed E-state index contributed by atoms with van der Waals surface area (Å²) in [5, 5.41) is 3.76. The Kier molecular flexibility index (Phi) is 4.22. The molecule has 7 nitrogen and oxygen atoms in total. The molecule has 1 unspecified atom stereocenters. The van der Waals surface area contributed by atoms with Gasteiger partial charge < -0.3 is 4.52 Å².